The van der Waals surface area contributed by atoms with Gasteiger partial charge in [0.15, 0.2) is 10.9 Å². The van der Waals surface area contributed by atoms with Crippen LogP contribution in [0.15, 0.2) is 77.3 Å². The number of anilines is 1. The molecule has 0 saturated heterocycles. The van der Waals surface area contributed by atoms with Crippen LogP contribution in [0.25, 0.3) is 21.2 Å². The quantitative estimate of drug-likeness (QED) is 0.325. The van der Waals surface area contributed by atoms with Gasteiger partial charge in [0.2, 0.25) is 0 Å². The number of pyridine rings is 1. The Bertz CT molecular complexity index is 1340. The van der Waals surface area contributed by atoms with Crippen LogP contribution in [-0.4, -0.2) is 15.9 Å². The van der Waals surface area contributed by atoms with Crippen LogP contribution >= 0.6 is 11.3 Å². The Hall–Kier alpha value is -3.51. The maximum atomic E-state index is 13.6. The van der Waals surface area contributed by atoms with E-state index >= 15 is 0 Å². The van der Waals surface area contributed by atoms with Crippen LogP contribution in [0.3, 0.4) is 0 Å². The number of benzene rings is 2. The lowest BCUT2D eigenvalue weighted by molar-refractivity contribution is 0.0960. The molecule has 0 radical (unpaired) electrons. The number of hydrogen-bond acceptors (Lipinski definition) is 5. The second-order valence-electron chi connectivity index (χ2n) is 7.71. The van der Waals surface area contributed by atoms with E-state index in [9.17, 15) is 4.79 Å². The summed E-state index contributed by atoms with van der Waals surface area (Å²) in [5, 5.41) is 1.54. The molecule has 0 bridgehead atoms. The SMILES string of the molecule is CC(C)c1cccc2sc(N(Cc3ccccn3)C(=O)c3cc4ccccc4o3)nc12. The Morgan fingerprint density at radius 1 is 1.06 bits per heavy atom. The van der Waals surface area contributed by atoms with Gasteiger partial charge < -0.3 is 4.42 Å². The van der Waals surface area contributed by atoms with Gasteiger partial charge in [0.1, 0.15) is 5.58 Å². The summed E-state index contributed by atoms with van der Waals surface area (Å²) in [5.41, 5.74) is 3.60. The van der Waals surface area contributed by atoms with Crippen molar-refractivity contribution in [1.29, 1.82) is 0 Å². The third-order valence-electron chi connectivity index (χ3n) is 5.22. The van der Waals surface area contributed by atoms with Crippen LogP contribution in [0.1, 0.15) is 41.6 Å². The average molecular weight is 428 g/mol. The van der Waals surface area contributed by atoms with Gasteiger partial charge in [0.05, 0.1) is 22.5 Å². The van der Waals surface area contributed by atoms with Gasteiger partial charge in [-0.25, -0.2) is 4.98 Å². The molecule has 0 saturated carbocycles. The Labute approximate surface area is 184 Å². The first-order valence-electron chi connectivity index (χ1n) is 10.2. The number of carbonyl (C=O) groups excluding carboxylic acids is 1. The van der Waals surface area contributed by atoms with Crippen molar-refractivity contribution in [3.05, 3.63) is 89.9 Å². The Kier molecular flexibility index (Phi) is 5.00. The number of rotatable bonds is 5. The Balaban J connectivity index is 1.61. The highest BCUT2D eigenvalue weighted by Crippen LogP contribution is 2.35. The maximum Gasteiger partial charge on any atom is 0.296 e. The standard InChI is InChI=1S/C25H21N3O2S/c1-16(2)19-10-7-12-22-23(19)27-25(31-22)28(15-18-9-5-6-13-26-18)24(29)21-14-17-8-3-4-11-20(17)30-21/h3-14,16H,15H2,1-2H3. The van der Waals surface area contributed by atoms with Crippen molar-refractivity contribution in [2.45, 2.75) is 26.3 Å². The number of aromatic nitrogens is 2. The molecule has 3 aromatic heterocycles. The van der Waals surface area contributed by atoms with Gasteiger partial charge in [-0.05, 0) is 41.8 Å². The maximum absolute atomic E-state index is 13.6. The zero-order valence-electron chi connectivity index (χ0n) is 17.3. The van der Waals surface area contributed by atoms with Crippen LogP contribution in [0.5, 0.6) is 0 Å². The van der Waals surface area contributed by atoms with Crippen molar-refractivity contribution in [2.24, 2.45) is 0 Å². The summed E-state index contributed by atoms with van der Waals surface area (Å²) in [6.07, 6.45) is 1.73. The largest absolute Gasteiger partial charge is 0.451 e. The smallest absolute Gasteiger partial charge is 0.296 e. The zero-order valence-corrected chi connectivity index (χ0v) is 18.1. The van der Waals surface area contributed by atoms with Crippen LogP contribution in [0, 0.1) is 0 Å². The Morgan fingerprint density at radius 3 is 2.68 bits per heavy atom. The number of amides is 1. The normalized spacial score (nSPS) is 11.5. The van der Waals surface area contributed by atoms with E-state index in [2.05, 4.69) is 24.9 Å². The van der Waals surface area contributed by atoms with E-state index < -0.39 is 0 Å². The predicted molar refractivity (Wildman–Crippen MR) is 125 cm³/mol. The van der Waals surface area contributed by atoms with E-state index in [4.69, 9.17) is 9.40 Å². The summed E-state index contributed by atoms with van der Waals surface area (Å²) < 4.78 is 6.93. The van der Waals surface area contributed by atoms with Gasteiger partial charge in [0.25, 0.3) is 5.91 Å². The summed E-state index contributed by atoms with van der Waals surface area (Å²) in [6.45, 7) is 4.62. The van der Waals surface area contributed by atoms with Gasteiger partial charge in [0, 0.05) is 11.6 Å². The summed E-state index contributed by atoms with van der Waals surface area (Å²) >= 11 is 1.51. The van der Waals surface area contributed by atoms with E-state index in [1.807, 2.05) is 54.6 Å². The molecule has 5 rings (SSSR count). The van der Waals surface area contributed by atoms with Gasteiger partial charge in [-0.1, -0.05) is 61.6 Å². The highest BCUT2D eigenvalue weighted by Gasteiger charge is 2.25. The summed E-state index contributed by atoms with van der Waals surface area (Å²) in [7, 11) is 0. The number of thiazole rings is 1. The first kappa shape index (κ1) is 19.5. The average Bonchev–Trinajstić information content (AvgIpc) is 3.41. The molecule has 31 heavy (non-hydrogen) atoms. The summed E-state index contributed by atoms with van der Waals surface area (Å²) in [5.74, 6) is 0.404. The number of furan rings is 1. The molecule has 3 heterocycles. The molecule has 0 aliphatic heterocycles. The monoisotopic (exact) mass is 427 g/mol. The van der Waals surface area contributed by atoms with Crippen LogP contribution < -0.4 is 4.90 Å². The molecule has 5 nitrogen and oxygen atoms in total. The highest BCUT2D eigenvalue weighted by molar-refractivity contribution is 7.22. The molecule has 154 valence electrons. The van der Waals surface area contributed by atoms with Gasteiger partial charge >= 0.3 is 0 Å². The van der Waals surface area contributed by atoms with Crippen LogP contribution in [0.4, 0.5) is 5.13 Å². The van der Waals surface area contributed by atoms with Crippen molar-refractivity contribution in [1.82, 2.24) is 9.97 Å². The molecule has 0 fully saturated rings. The minimum atomic E-state index is -0.230. The molecule has 0 N–H and O–H groups in total. The molecule has 0 spiro atoms. The molecular formula is C25H21N3O2S. The third kappa shape index (κ3) is 3.70. The molecule has 2 aromatic carbocycles. The van der Waals surface area contributed by atoms with Gasteiger partial charge in [-0.3, -0.25) is 14.7 Å². The van der Waals surface area contributed by atoms with Gasteiger partial charge in [-0.2, -0.15) is 0 Å². The lowest BCUT2D eigenvalue weighted by Gasteiger charge is -2.18. The van der Waals surface area contributed by atoms with Gasteiger partial charge in [-0.15, -0.1) is 0 Å². The molecule has 0 atom stereocenters. The highest BCUT2D eigenvalue weighted by atomic mass is 32.1. The fourth-order valence-corrected chi connectivity index (χ4v) is 4.64. The fraction of sp³-hybridized carbons (Fsp3) is 0.160. The second-order valence-corrected chi connectivity index (χ2v) is 8.72. The van der Waals surface area contributed by atoms with E-state index in [0.717, 1.165) is 21.3 Å². The first-order valence-corrected chi connectivity index (χ1v) is 11.0. The van der Waals surface area contributed by atoms with Crippen molar-refractivity contribution in [3.8, 4) is 0 Å². The molecule has 0 aliphatic rings. The van der Waals surface area contributed by atoms with E-state index in [0.29, 0.717) is 28.9 Å². The van der Waals surface area contributed by atoms with Crippen LogP contribution in [-0.2, 0) is 6.54 Å². The van der Waals surface area contributed by atoms with Crippen molar-refractivity contribution in [3.63, 3.8) is 0 Å². The van der Waals surface area contributed by atoms with Crippen molar-refractivity contribution >= 4 is 43.6 Å². The van der Waals surface area contributed by atoms with E-state index in [-0.39, 0.29) is 5.91 Å². The van der Waals surface area contributed by atoms with Crippen LogP contribution in [0.2, 0.25) is 0 Å². The number of carbonyl (C=O) groups is 1. The van der Waals surface area contributed by atoms with E-state index in [1.54, 1.807) is 17.2 Å². The summed E-state index contributed by atoms with van der Waals surface area (Å²) in [4.78, 5) is 24.5. The lowest BCUT2D eigenvalue weighted by atomic mass is 10.0. The molecule has 0 aliphatic carbocycles. The minimum Gasteiger partial charge on any atom is -0.451 e. The number of nitrogens with zero attached hydrogens (tertiary/aromatic N) is 3. The molecule has 0 unspecified atom stereocenters. The first-order chi connectivity index (χ1) is 15.1. The molecule has 6 heteroatoms. The van der Waals surface area contributed by atoms with Crippen molar-refractivity contribution < 1.29 is 9.21 Å². The zero-order chi connectivity index (χ0) is 21.4. The minimum absolute atomic E-state index is 0.230. The molecular weight excluding hydrogens is 406 g/mol. The Morgan fingerprint density at radius 2 is 1.90 bits per heavy atom. The third-order valence-corrected chi connectivity index (χ3v) is 6.26. The second kappa shape index (κ2) is 7.96. The number of para-hydroxylation sites is 2. The number of fused-ring (bicyclic) bond motifs is 2. The topological polar surface area (TPSA) is 59.2 Å². The summed E-state index contributed by atoms with van der Waals surface area (Å²) in [6, 6.07) is 21.3. The lowest BCUT2D eigenvalue weighted by Crippen LogP contribution is -2.30. The van der Waals surface area contributed by atoms with E-state index in [1.165, 1.54) is 16.9 Å². The molecule has 1 amide bonds. The fourth-order valence-electron chi connectivity index (χ4n) is 3.64. The predicted octanol–water partition coefficient (Wildman–Crippen LogP) is 6.41. The number of hydrogen-bond donors (Lipinski definition) is 0. The molecule has 5 aromatic rings. The van der Waals surface area contributed by atoms with Crippen molar-refractivity contribution in [2.75, 3.05) is 4.90 Å².